The molecule has 0 aromatic carbocycles. The maximum absolute atomic E-state index is 5.03. The van der Waals surface area contributed by atoms with Crippen LogP contribution < -0.4 is 5.32 Å². The van der Waals surface area contributed by atoms with E-state index in [1.807, 2.05) is 6.92 Å². The summed E-state index contributed by atoms with van der Waals surface area (Å²) in [5.74, 6) is 2.40. The van der Waals surface area contributed by atoms with Crippen molar-refractivity contribution in [3.63, 3.8) is 0 Å². The third kappa shape index (κ3) is 2.52. The van der Waals surface area contributed by atoms with Gasteiger partial charge in [-0.1, -0.05) is 12.1 Å². The van der Waals surface area contributed by atoms with E-state index in [1.165, 1.54) is 12.8 Å². The number of aromatic nitrogens is 2. The summed E-state index contributed by atoms with van der Waals surface area (Å²) in [5, 5.41) is 7.13. The second-order valence-corrected chi connectivity index (χ2v) is 3.53. The predicted octanol–water partition coefficient (Wildman–Crippen LogP) is 1.13. The lowest BCUT2D eigenvalue weighted by Gasteiger charge is -1.96. The average molecular weight is 181 g/mol. The molecular formula is C9H15N3O. The minimum atomic E-state index is 0.706. The molecule has 4 heteroatoms. The van der Waals surface area contributed by atoms with E-state index in [-0.39, 0.29) is 0 Å². The number of nitrogens with zero attached hydrogens (tertiary/aromatic N) is 2. The maximum atomic E-state index is 5.03. The van der Waals surface area contributed by atoms with Gasteiger partial charge in [0.25, 0.3) is 0 Å². The molecule has 0 aliphatic heterocycles. The van der Waals surface area contributed by atoms with Crippen molar-refractivity contribution in [3.8, 4) is 0 Å². The quantitative estimate of drug-likeness (QED) is 0.739. The van der Waals surface area contributed by atoms with Gasteiger partial charge in [-0.25, -0.2) is 0 Å². The second-order valence-electron chi connectivity index (χ2n) is 3.53. The molecule has 0 bridgehead atoms. The van der Waals surface area contributed by atoms with Gasteiger partial charge < -0.3 is 9.84 Å². The van der Waals surface area contributed by atoms with Crippen LogP contribution in [0.4, 0.5) is 0 Å². The first kappa shape index (κ1) is 8.69. The van der Waals surface area contributed by atoms with Gasteiger partial charge in [0.05, 0.1) is 6.54 Å². The fraction of sp³-hybridized carbons (Fsp3) is 0.778. The lowest BCUT2D eigenvalue weighted by Crippen LogP contribution is -2.16. The van der Waals surface area contributed by atoms with Crippen molar-refractivity contribution in [3.05, 3.63) is 11.7 Å². The van der Waals surface area contributed by atoms with E-state index in [9.17, 15) is 0 Å². The van der Waals surface area contributed by atoms with E-state index in [2.05, 4.69) is 15.5 Å². The van der Waals surface area contributed by atoms with Gasteiger partial charge in [-0.3, -0.25) is 0 Å². The van der Waals surface area contributed by atoms with Crippen LogP contribution in [0.15, 0.2) is 4.52 Å². The Morgan fingerprint density at radius 1 is 1.54 bits per heavy atom. The van der Waals surface area contributed by atoms with Gasteiger partial charge in [0.15, 0.2) is 5.82 Å². The Bertz CT molecular complexity index is 268. The highest BCUT2D eigenvalue weighted by Crippen LogP contribution is 2.27. The molecule has 1 aliphatic rings. The molecule has 0 spiro atoms. The number of rotatable bonds is 5. The van der Waals surface area contributed by atoms with E-state index in [4.69, 9.17) is 4.52 Å². The summed E-state index contributed by atoms with van der Waals surface area (Å²) in [6.07, 6.45) is 3.58. The molecule has 0 radical (unpaired) electrons. The molecule has 1 heterocycles. The number of aryl methyl sites for hydroxylation is 1. The van der Waals surface area contributed by atoms with Crippen molar-refractivity contribution in [2.24, 2.45) is 5.92 Å². The summed E-state index contributed by atoms with van der Waals surface area (Å²) >= 11 is 0. The molecule has 1 fully saturated rings. The highest BCUT2D eigenvalue weighted by atomic mass is 16.5. The molecule has 1 N–H and O–H groups in total. The zero-order valence-electron chi connectivity index (χ0n) is 7.92. The summed E-state index contributed by atoms with van der Waals surface area (Å²) in [4.78, 5) is 4.21. The lowest BCUT2D eigenvalue weighted by molar-refractivity contribution is 0.362. The van der Waals surface area contributed by atoms with Crippen LogP contribution in [0.1, 0.15) is 31.5 Å². The molecule has 0 unspecified atom stereocenters. The second kappa shape index (κ2) is 3.87. The Hall–Kier alpha value is -0.900. The van der Waals surface area contributed by atoms with Crippen LogP contribution >= 0.6 is 0 Å². The first-order valence-corrected chi connectivity index (χ1v) is 4.90. The number of hydrogen-bond acceptors (Lipinski definition) is 4. The molecule has 1 saturated carbocycles. The van der Waals surface area contributed by atoms with E-state index >= 15 is 0 Å². The third-order valence-corrected chi connectivity index (χ3v) is 2.23. The summed E-state index contributed by atoms with van der Waals surface area (Å²) in [7, 11) is 0. The zero-order valence-corrected chi connectivity index (χ0v) is 7.92. The molecule has 2 rings (SSSR count). The van der Waals surface area contributed by atoms with Crippen molar-refractivity contribution in [2.75, 3.05) is 6.54 Å². The van der Waals surface area contributed by atoms with Crippen molar-refractivity contribution >= 4 is 0 Å². The molecule has 1 aliphatic carbocycles. The number of nitrogens with one attached hydrogen (secondary N) is 1. The monoisotopic (exact) mass is 181 g/mol. The van der Waals surface area contributed by atoms with Crippen LogP contribution in [0.3, 0.4) is 0 Å². The van der Waals surface area contributed by atoms with Crippen LogP contribution in [0.5, 0.6) is 0 Å². The fourth-order valence-electron chi connectivity index (χ4n) is 1.21. The number of hydrogen-bond donors (Lipinski definition) is 1. The smallest absolute Gasteiger partial charge is 0.240 e. The SMILES string of the molecule is CCc1noc(CNCC2CC2)n1. The average Bonchev–Trinajstić information content (AvgIpc) is 2.84. The van der Waals surface area contributed by atoms with Gasteiger partial charge in [-0.2, -0.15) is 4.98 Å². The molecule has 4 nitrogen and oxygen atoms in total. The largest absolute Gasteiger partial charge is 0.338 e. The first-order valence-electron chi connectivity index (χ1n) is 4.90. The predicted molar refractivity (Wildman–Crippen MR) is 48.1 cm³/mol. The third-order valence-electron chi connectivity index (χ3n) is 2.23. The van der Waals surface area contributed by atoms with Crippen molar-refractivity contribution in [2.45, 2.75) is 32.7 Å². The van der Waals surface area contributed by atoms with Crippen LogP contribution in [0, 0.1) is 5.92 Å². The van der Waals surface area contributed by atoms with Crippen LogP contribution in [0.25, 0.3) is 0 Å². The Kier molecular flexibility index (Phi) is 2.59. The Labute approximate surface area is 77.7 Å². The molecule has 0 amide bonds. The normalized spacial score (nSPS) is 16.4. The Morgan fingerprint density at radius 3 is 3.00 bits per heavy atom. The Morgan fingerprint density at radius 2 is 2.38 bits per heavy atom. The first-order chi connectivity index (χ1) is 6.38. The van der Waals surface area contributed by atoms with Crippen molar-refractivity contribution in [1.29, 1.82) is 0 Å². The fourth-order valence-corrected chi connectivity index (χ4v) is 1.21. The highest BCUT2D eigenvalue weighted by Gasteiger charge is 2.20. The topological polar surface area (TPSA) is 51.0 Å². The molecule has 0 atom stereocenters. The van der Waals surface area contributed by atoms with Gasteiger partial charge in [-0.05, 0) is 25.3 Å². The molecule has 0 saturated heterocycles. The lowest BCUT2D eigenvalue weighted by atomic mass is 10.4. The van der Waals surface area contributed by atoms with Crippen LogP contribution in [-0.2, 0) is 13.0 Å². The summed E-state index contributed by atoms with van der Waals surface area (Å²) in [6, 6.07) is 0. The van der Waals surface area contributed by atoms with E-state index in [0.717, 1.165) is 24.7 Å². The summed E-state index contributed by atoms with van der Waals surface area (Å²) in [6.45, 7) is 3.82. The minimum absolute atomic E-state index is 0.706. The van der Waals surface area contributed by atoms with Crippen LogP contribution in [-0.4, -0.2) is 16.7 Å². The minimum Gasteiger partial charge on any atom is -0.338 e. The van der Waals surface area contributed by atoms with E-state index < -0.39 is 0 Å². The molecule has 1 aromatic heterocycles. The van der Waals surface area contributed by atoms with Crippen molar-refractivity contribution in [1.82, 2.24) is 15.5 Å². The molecule has 72 valence electrons. The van der Waals surface area contributed by atoms with Crippen molar-refractivity contribution < 1.29 is 4.52 Å². The van der Waals surface area contributed by atoms with Gasteiger partial charge in [0, 0.05) is 6.42 Å². The van der Waals surface area contributed by atoms with Gasteiger partial charge >= 0.3 is 0 Å². The summed E-state index contributed by atoms with van der Waals surface area (Å²) in [5.41, 5.74) is 0. The zero-order chi connectivity index (χ0) is 9.10. The molecule has 13 heavy (non-hydrogen) atoms. The van der Waals surface area contributed by atoms with Gasteiger partial charge in [0.1, 0.15) is 0 Å². The summed E-state index contributed by atoms with van der Waals surface area (Å²) < 4.78 is 5.03. The Balaban J connectivity index is 1.72. The van der Waals surface area contributed by atoms with Gasteiger partial charge in [-0.15, -0.1) is 0 Å². The van der Waals surface area contributed by atoms with Crippen LogP contribution in [0.2, 0.25) is 0 Å². The maximum Gasteiger partial charge on any atom is 0.240 e. The van der Waals surface area contributed by atoms with E-state index in [0.29, 0.717) is 12.4 Å². The highest BCUT2D eigenvalue weighted by molar-refractivity contribution is 4.85. The molecular weight excluding hydrogens is 166 g/mol. The molecule has 1 aromatic rings. The van der Waals surface area contributed by atoms with Gasteiger partial charge in [0.2, 0.25) is 5.89 Å². The standard InChI is InChI=1S/C9H15N3O/c1-2-8-11-9(13-12-8)6-10-5-7-3-4-7/h7,10H,2-6H2,1H3. The van der Waals surface area contributed by atoms with E-state index in [1.54, 1.807) is 0 Å².